The number of nitrogens with zero attached hydrogens (tertiary/aromatic N) is 2. The lowest BCUT2D eigenvalue weighted by Crippen LogP contribution is -2.58. The second-order valence-corrected chi connectivity index (χ2v) is 8.21. The number of alkyl halides is 12. The Labute approximate surface area is 185 Å². The number of halogens is 12. The summed E-state index contributed by atoms with van der Waals surface area (Å²) < 4.78 is 155. The molecule has 1 aliphatic carbocycles. The van der Waals surface area contributed by atoms with Gasteiger partial charge in [-0.1, -0.05) is 12.8 Å². The van der Waals surface area contributed by atoms with Crippen molar-refractivity contribution in [1.82, 2.24) is 0 Å². The second kappa shape index (κ2) is 9.82. The Morgan fingerprint density at radius 1 is 0.588 bits per heavy atom. The maximum absolute atomic E-state index is 12.9. The van der Waals surface area contributed by atoms with Crippen LogP contribution in [0.4, 0.5) is 52.7 Å². The van der Waals surface area contributed by atoms with Crippen LogP contribution in [0.3, 0.4) is 0 Å². The van der Waals surface area contributed by atoms with E-state index in [9.17, 15) is 62.9 Å². The van der Waals surface area contributed by atoms with Crippen molar-refractivity contribution in [1.29, 1.82) is 0 Å². The molecule has 4 nitrogen and oxygen atoms in total. The summed E-state index contributed by atoms with van der Waals surface area (Å²) in [6.07, 6.45) is -27.6. The molecule has 0 amide bonds. The first-order valence-electron chi connectivity index (χ1n) is 9.74. The van der Waals surface area contributed by atoms with E-state index in [1.807, 2.05) is 0 Å². The first kappa shape index (κ1) is 30.5. The highest BCUT2D eigenvalue weighted by Gasteiger charge is 2.71. The third kappa shape index (κ3) is 6.55. The molecule has 16 heteroatoms. The molecule has 1 rings (SSSR count). The highest BCUT2D eigenvalue weighted by Crippen LogP contribution is 2.46. The molecule has 1 fully saturated rings. The molecule has 0 aromatic rings. The van der Waals surface area contributed by atoms with Crippen LogP contribution in [0.2, 0.25) is 0 Å². The third-order valence-electron chi connectivity index (χ3n) is 5.37. The van der Waals surface area contributed by atoms with E-state index in [0.29, 0.717) is 12.8 Å². The summed E-state index contributed by atoms with van der Waals surface area (Å²) in [5.74, 6) is 0. The summed E-state index contributed by atoms with van der Waals surface area (Å²) in [5, 5.41) is 18.6. The van der Waals surface area contributed by atoms with Crippen LogP contribution in [-0.4, -0.2) is 69.6 Å². The minimum absolute atomic E-state index is 0.0259. The minimum atomic E-state index is -6.09. The summed E-state index contributed by atoms with van der Waals surface area (Å²) in [7, 11) is 0. The Balaban J connectivity index is 3.22. The monoisotopic (exact) mass is 526 g/mol. The van der Waals surface area contributed by atoms with Gasteiger partial charge >= 0.3 is 24.7 Å². The van der Waals surface area contributed by atoms with Crippen LogP contribution >= 0.6 is 0 Å². The van der Waals surface area contributed by atoms with Crippen molar-refractivity contribution < 1.29 is 62.9 Å². The van der Waals surface area contributed by atoms with Crippen molar-refractivity contribution in [2.24, 2.45) is 9.98 Å². The highest BCUT2D eigenvalue weighted by molar-refractivity contribution is 5.84. The van der Waals surface area contributed by atoms with Gasteiger partial charge in [-0.15, -0.1) is 0 Å². The number of hydrogen-bond acceptors (Lipinski definition) is 4. The van der Waals surface area contributed by atoms with E-state index in [1.54, 1.807) is 0 Å². The van der Waals surface area contributed by atoms with E-state index < -0.39 is 72.3 Å². The van der Waals surface area contributed by atoms with E-state index in [2.05, 4.69) is 9.98 Å². The topological polar surface area (TPSA) is 65.2 Å². The van der Waals surface area contributed by atoms with Crippen molar-refractivity contribution >= 4 is 11.4 Å². The highest BCUT2D eigenvalue weighted by atomic mass is 19.4. The zero-order valence-electron chi connectivity index (χ0n) is 17.7. The molecule has 1 saturated carbocycles. The average Bonchev–Trinajstić information content (AvgIpc) is 2.59. The van der Waals surface area contributed by atoms with E-state index >= 15 is 0 Å². The maximum Gasteiger partial charge on any atom is 0.426 e. The molecular weight excluding hydrogens is 504 g/mol. The SMILES string of the molecule is CC(CC(O)(C(F)(F)F)C(F)(F)F)=N[C@H]1CCCC[C@@H]1N=C(C)CC(O)(C(F)(F)F)C(F)(F)F. The molecule has 0 spiro atoms. The molecule has 0 unspecified atom stereocenters. The van der Waals surface area contributed by atoms with Gasteiger partial charge in [0.05, 0.1) is 12.1 Å². The molecule has 0 bridgehead atoms. The molecule has 0 saturated heterocycles. The van der Waals surface area contributed by atoms with Gasteiger partial charge in [0.2, 0.25) is 0 Å². The summed E-state index contributed by atoms with van der Waals surface area (Å²) >= 11 is 0. The van der Waals surface area contributed by atoms with Crippen LogP contribution in [0.5, 0.6) is 0 Å². The lowest BCUT2D eigenvalue weighted by Gasteiger charge is -2.34. The average molecular weight is 526 g/mol. The second-order valence-electron chi connectivity index (χ2n) is 8.21. The lowest BCUT2D eigenvalue weighted by atomic mass is 9.89. The summed E-state index contributed by atoms with van der Waals surface area (Å²) in [5.41, 5.74) is -11.8. The standard InChI is InChI=1S/C18H22F12N2O2/c1-9(7-13(33,15(19,20)21)16(22,23)24)31-11-5-3-4-6-12(11)32-10(2)8-14(34,17(25,26)27)18(28,29)30/h11-12,33-34H,3-8H2,1-2H3/t11-,12-/m0/s1. The Kier molecular flexibility index (Phi) is 8.79. The molecule has 0 aromatic heterocycles. The van der Waals surface area contributed by atoms with E-state index in [1.165, 1.54) is 0 Å². The Hall–Kier alpha value is -1.58. The normalized spacial score (nSPS) is 22.8. The van der Waals surface area contributed by atoms with Gasteiger partial charge in [-0.05, 0) is 26.7 Å². The van der Waals surface area contributed by atoms with Gasteiger partial charge in [0, 0.05) is 24.3 Å². The van der Waals surface area contributed by atoms with Crippen molar-refractivity contribution in [2.45, 2.75) is 100 Å². The van der Waals surface area contributed by atoms with Gasteiger partial charge in [0.15, 0.2) is 0 Å². The predicted molar refractivity (Wildman–Crippen MR) is 95.6 cm³/mol. The zero-order valence-corrected chi connectivity index (χ0v) is 17.7. The Morgan fingerprint density at radius 3 is 1.03 bits per heavy atom. The Bertz CT molecular complexity index is 673. The molecule has 1 aliphatic rings. The fraction of sp³-hybridized carbons (Fsp3) is 0.889. The van der Waals surface area contributed by atoms with Gasteiger partial charge < -0.3 is 10.2 Å². The van der Waals surface area contributed by atoms with Crippen LogP contribution in [0, 0.1) is 0 Å². The van der Waals surface area contributed by atoms with Crippen LogP contribution in [0.15, 0.2) is 9.98 Å². The zero-order chi connectivity index (χ0) is 27.0. The van der Waals surface area contributed by atoms with Crippen LogP contribution in [0.25, 0.3) is 0 Å². The minimum Gasteiger partial charge on any atom is -0.373 e. The number of hydrogen-bond donors (Lipinski definition) is 2. The molecule has 0 radical (unpaired) electrons. The maximum atomic E-state index is 12.9. The first-order valence-corrected chi connectivity index (χ1v) is 9.74. The van der Waals surface area contributed by atoms with Crippen molar-refractivity contribution in [2.75, 3.05) is 0 Å². The molecule has 2 N–H and O–H groups in total. The smallest absolute Gasteiger partial charge is 0.373 e. The molecule has 0 aliphatic heterocycles. The molecule has 200 valence electrons. The summed E-state index contributed by atoms with van der Waals surface area (Å²) in [4.78, 5) is 7.44. The molecule has 0 aromatic carbocycles. The van der Waals surface area contributed by atoms with Gasteiger partial charge in [-0.2, -0.15) is 52.7 Å². The summed E-state index contributed by atoms with van der Waals surface area (Å²) in [6.45, 7) is 1.55. The molecular formula is C18H22F12N2O2. The largest absolute Gasteiger partial charge is 0.426 e. The fourth-order valence-corrected chi connectivity index (χ4v) is 3.51. The number of aliphatic hydroxyl groups is 2. The molecule has 0 heterocycles. The summed E-state index contributed by atoms with van der Waals surface area (Å²) in [6, 6.07) is -2.31. The van der Waals surface area contributed by atoms with Gasteiger partial charge in [0.25, 0.3) is 11.2 Å². The van der Waals surface area contributed by atoms with Gasteiger partial charge in [-0.25, -0.2) is 0 Å². The van der Waals surface area contributed by atoms with Crippen LogP contribution in [-0.2, 0) is 0 Å². The first-order chi connectivity index (χ1) is 15.0. The third-order valence-corrected chi connectivity index (χ3v) is 5.37. The molecule has 2 atom stereocenters. The Morgan fingerprint density at radius 2 is 0.824 bits per heavy atom. The fourth-order valence-electron chi connectivity index (χ4n) is 3.51. The molecule has 34 heavy (non-hydrogen) atoms. The van der Waals surface area contributed by atoms with Crippen LogP contribution < -0.4 is 0 Å². The van der Waals surface area contributed by atoms with E-state index in [-0.39, 0.29) is 12.8 Å². The van der Waals surface area contributed by atoms with Gasteiger partial charge in [-0.3, -0.25) is 9.98 Å². The van der Waals surface area contributed by atoms with Crippen molar-refractivity contribution in [3.8, 4) is 0 Å². The van der Waals surface area contributed by atoms with Crippen LogP contribution in [0.1, 0.15) is 52.4 Å². The number of aliphatic imine (C=N–C) groups is 2. The van der Waals surface area contributed by atoms with E-state index in [4.69, 9.17) is 0 Å². The lowest BCUT2D eigenvalue weighted by molar-refractivity contribution is -0.365. The quantitative estimate of drug-likeness (QED) is 0.344. The van der Waals surface area contributed by atoms with Gasteiger partial charge in [0.1, 0.15) is 0 Å². The van der Waals surface area contributed by atoms with E-state index in [0.717, 1.165) is 13.8 Å². The van der Waals surface area contributed by atoms with Crippen molar-refractivity contribution in [3.05, 3.63) is 0 Å². The predicted octanol–water partition coefficient (Wildman–Crippen LogP) is 5.71. The van der Waals surface area contributed by atoms with Crippen molar-refractivity contribution in [3.63, 3.8) is 0 Å². The number of rotatable bonds is 6.